The molecule has 3 atom stereocenters. The fraction of sp³-hybridized carbons (Fsp3) is 0.579. The summed E-state index contributed by atoms with van der Waals surface area (Å²) in [6, 6.07) is 4.09. The summed E-state index contributed by atoms with van der Waals surface area (Å²) < 4.78 is 48.5. The molecule has 1 aliphatic heterocycles. The van der Waals surface area contributed by atoms with Gasteiger partial charge in [-0.2, -0.15) is 0 Å². The lowest BCUT2D eigenvalue weighted by Gasteiger charge is -2.36. The van der Waals surface area contributed by atoms with Crippen molar-refractivity contribution in [1.82, 2.24) is 19.7 Å². The molecule has 0 unspecified atom stereocenters. The summed E-state index contributed by atoms with van der Waals surface area (Å²) in [6.07, 6.45) is 5.52. The van der Waals surface area contributed by atoms with E-state index in [0.29, 0.717) is 31.7 Å². The highest BCUT2D eigenvalue weighted by Crippen LogP contribution is 2.38. The van der Waals surface area contributed by atoms with Gasteiger partial charge in [0.25, 0.3) is 0 Å². The Morgan fingerprint density at radius 1 is 1.21 bits per heavy atom. The largest absolute Gasteiger partial charge is 0.394 e. The molecule has 10 heteroatoms. The molecular weight excluding hydrogens is 399 g/mol. The Morgan fingerprint density at radius 3 is 2.66 bits per heavy atom. The van der Waals surface area contributed by atoms with Crippen LogP contribution in [0.3, 0.4) is 0 Å². The van der Waals surface area contributed by atoms with Crippen LogP contribution in [-0.4, -0.2) is 53.4 Å². The maximum Gasteiger partial charge on any atom is 0.240 e. The van der Waals surface area contributed by atoms with Gasteiger partial charge in [0.2, 0.25) is 10.0 Å². The number of rotatable bonds is 8. The zero-order valence-corrected chi connectivity index (χ0v) is 16.8. The number of nitrogens with one attached hydrogen (secondary N) is 1. The SMILES string of the molecule is O=S(=O)(N[C@H]1CC[C@H](CCn2cc(C3CC3)nn2)O[C@@H]1CO)c1ccc(F)cc1. The first-order chi connectivity index (χ1) is 13.9. The van der Waals surface area contributed by atoms with Gasteiger partial charge in [-0.05, 0) is 56.4 Å². The average molecular weight is 424 g/mol. The molecule has 158 valence electrons. The molecule has 1 aromatic heterocycles. The Hall–Kier alpha value is -1.88. The third-order valence-corrected chi connectivity index (χ3v) is 6.96. The van der Waals surface area contributed by atoms with Gasteiger partial charge in [0.15, 0.2) is 0 Å². The predicted molar refractivity (Wildman–Crippen MR) is 102 cm³/mol. The highest BCUT2D eigenvalue weighted by Gasteiger charge is 2.34. The number of benzene rings is 1. The predicted octanol–water partition coefficient (Wildman–Crippen LogP) is 1.57. The first-order valence-electron chi connectivity index (χ1n) is 9.89. The van der Waals surface area contributed by atoms with Crippen LogP contribution >= 0.6 is 0 Å². The van der Waals surface area contributed by atoms with E-state index in [4.69, 9.17) is 4.74 Å². The number of sulfonamides is 1. The van der Waals surface area contributed by atoms with Crippen LogP contribution in [0.2, 0.25) is 0 Å². The third-order valence-electron chi connectivity index (χ3n) is 5.46. The summed E-state index contributed by atoms with van der Waals surface area (Å²) in [5.41, 5.74) is 1.04. The first-order valence-corrected chi connectivity index (χ1v) is 11.4. The second-order valence-electron chi connectivity index (χ2n) is 7.71. The van der Waals surface area contributed by atoms with Gasteiger partial charge in [0, 0.05) is 18.7 Å². The van der Waals surface area contributed by atoms with E-state index in [2.05, 4.69) is 15.0 Å². The molecular formula is C19H25FN4O4S. The van der Waals surface area contributed by atoms with E-state index in [9.17, 15) is 17.9 Å². The summed E-state index contributed by atoms with van der Waals surface area (Å²) in [4.78, 5) is -0.0182. The molecule has 4 rings (SSSR count). The number of aliphatic hydroxyl groups is 1. The van der Waals surface area contributed by atoms with E-state index in [1.54, 1.807) is 0 Å². The molecule has 2 N–H and O–H groups in total. The van der Waals surface area contributed by atoms with Crippen LogP contribution in [-0.2, 0) is 21.3 Å². The van der Waals surface area contributed by atoms with Crippen LogP contribution in [0, 0.1) is 5.82 Å². The number of ether oxygens (including phenoxy) is 1. The fourth-order valence-electron chi connectivity index (χ4n) is 3.63. The van der Waals surface area contributed by atoms with Crippen LogP contribution in [0.1, 0.15) is 43.7 Å². The standard InChI is InChI=1S/C19H25FN4O4S/c20-14-3-6-16(7-4-14)29(26,27)22-17-8-5-15(28-19(17)12-25)9-10-24-11-18(21-23-24)13-1-2-13/h3-4,6-7,11,13,15,17,19,22,25H,1-2,5,8-10,12H2/t15-,17+,19-/m1/s1. The molecule has 1 aliphatic carbocycles. The molecule has 2 aliphatic rings. The maximum absolute atomic E-state index is 13.1. The Kier molecular flexibility index (Phi) is 5.95. The van der Waals surface area contributed by atoms with Crippen LogP contribution < -0.4 is 4.72 Å². The van der Waals surface area contributed by atoms with Crippen LogP contribution in [0.15, 0.2) is 35.4 Å². The smallest absolute Gasteiger partial charge is 0.240 e. The van der Waals surface area contributed by atoms with E-state index < -0.39 is 28.0 Å². The lowest BCUT2D eigenvalue weighted by atomic mass is 9.98. The zero-order valence-electron chi connectivity index (χ0n) is 15.9. The number of hydrogen-bond acceptors (Lipinski definition) is 6. The van der Waals surface area contributed by atoms with Gasteiger partial charge < -0.3 is 9.84 Å². The van der Waals surface area contributed by atoms with E-state index in [1.165, 1.54) is 25.0 Å². The Morgan fingerprint density at radius 2 is 1.97 bits per heavy atom. The monoisotopic (exact) mass is 424 g/mol. The Bertz CT molecular complexity index is 930. The number of hydrogen-bond donors (Lipinski definition) is 2. The molecule has 1 aromatic carbocycles. The topological polar surface area (TPSA) is 106 Å². The molecule has 2 aromatic rings. The molecule has 0 radical (unpaired) electrons. The van der Waals surface area contributed by atoms with Crippen LogP contribution in [0.5, 0.6) is 0 Å². The van der Waals surface area contributed by atoms with E-state index in [1.807, 2.05) is 10.9 Å². The van der Waals surface area contributed by atoms with Crippen molar-refractivity contribution in [2.24, 2.45) is 0 Å². The summed E-state index contributed by atoms with van der Waals surface area (Å²) >= 11 is 0. The molecule has 0 bridgehead atoms. The lowest BCUT2D eigenvalue weighted by Crippen LogP contribution is -2.50. The van der Waals surface area contributed by atoms with Crippen LogP contribution in [0.25, 0.3) is 0 Å². The van der Waals surface area contributed by atoms with Gasteiger partial charge in [-0.15, -0.1) is 5.10 Å². The first kappa shape index (κ1) is 20.4. The molecule has 8 nitrogen and oxygen atoms in total. The molecule has 2 heterocycles. The average Bonchev–Trinajstić information content (AvgIpc) is 3.45. The van der Waals surface area contributed by atoms with Crippen molar-refractivity contribution >= 4 is 10.0 Å². The quantitative estimate of drug-likeness (QED) is 0.666. The van der Waals surface area contributed by atoms with Crippen molar-refractivity contribution in [2.75, 3.05) is 6.61 Å². The van der Waals surface area contributed by atoms with Crippen molar-refractivity contribution in [3.63, 3.8) is 0 Å². The van der Waals surface area contributed by atoms with Gasteiger partial charge in [0.1, 0.15) is 5.82 Å². The second kappa shape index (κ2) is 8.47. The normalized spacial score (nSPS) is 25.2. The van der Waals surface area contributed by atoms with Gasteiger partial charge in [-0.25, -0.2) is 17.5 Å². The number of nitrogens with zero attached hydrogens (tertiary/aromatic N) is 3. The molecule has 29 heavy (non-hydrogen) atoms. The molecule has 1 saturated carbocycles. The van der Waals surface area contributed by atoms with Crippen molar-refractivity contribution in [3.05, 3.63) is 42.0 Å². The number of halogens is 1. The lowest BCUT2D eigenvalue weighted by molar-refractivity contribution is -0.0891. The summed E-state index contributed by atoms with van der Waals surface area (Å²) in [6.45, 7) is 0.372. The van der Waals surface area contributed by atoms with E-state index >= 15 is 0 Å². The minimum Gasteiger partial charge on any atom is -0.394 e. The molecule has 2 fully saturated rings. The van der Waals surface area contributed by atoms with Gasteiger partial charge in [-0.3, -0.25) is 4.68 Å². The van der Waals surface area contributed by atoms with Crippen molar-refractivity contribution in [2.45, 2.75) is 67.7 Å². The summed E-state index contributed by atoms with van der Waals surface area (Å²) in [5.74, 6) is 0.0565. The minimum atomic E-state index is -3.82. The molecule has 0 spiro atoms. The highest BCUT2D eigenvalue weighted by atomic mass is 32.2. The van der Waals surface area contributed by atoms with Gasteiger partial charge >= 0.3 is 0 Å². The van der Waals surface area contributed by atoms with Crippen molar-refractivity contribution in [3.8, 4) is 0 Å². The highest BCUT2D eigenvalue weighted by molar-refractivity contribution is 7.89. The Labute approximate surface area is 169 Å². The van der Waals surface area contributed by atoms with E-state index in [0.717, 1.165) is 17.8 Å². The summed E-state index contributed by atoms with van der Waals surface area (Å²) in [7, 11) is -3.82. The van der Waals surface area contributed by atoms with Gasteiger partial charge in [0.05, 0.1) is 35.4 Å². The fourth-order valence-corrected chi connectivity index (χ4v) is 4.92. The minimum absolute atomic E-state index is 0.0182. The summed E-state index contributed by atoms with van der Waals surface area (Å²) in [5, 5.41) is 18.0. The van der Waals surface area contributed by atoms with Crippen molar-refractivity contribution in [1.29, 1.82) is 0 Å². The third kappa shape index (κ3) is 5.00. The number of aryl methyl sites for hydroxylation is 1. The van der Waals surface area contributed by atoms with Crippen molar-refractivity contribution < 1.29 is 22.7 Å². The second-order valence-corrected chi connectivity index (χ2v) is 9.42. The van der Waals surface area contributed by atoms with Gasteiger partial charge in [-0.1, -0.05) is 5.21 Å². The van der Waals surface area contributed by atoms with E-state index in [-0.39, 0.29) is 17.6 Å². The molecule has 0 amide bonds. The maximum atomic E-state index is 13.1. The molecule has 1 saturated heterocycles. The zero-order chi connectivity index (χ0) is 20.4. The Balaban J connectivity index is 1.32. The number of aromatic nitrogens is 3. The van der Waals surface area contributed by atoms with Crippen LogP contribution in [0.4, 0.5) is 4.39 Å². The number of aliphatic hydroxyl groups excluding tert-OH is 1.